The third-order valence-electron chi connectivity index (χ3n) is 7.15. The normalized spacial score (nSPS) is 23.6. The number of aromatic hydroxyl groups is 1. The minimum atomic E-state index is -0.490. The Hall–Kier alpha value is -3.85. The summed E-state index contributed by atoms with van der Waals surface area (Å²) >= 11 is 0. The number of benzene rings is 2. The van der Waals surface area contributed by atoms with Crippen LogP contribution >= 0.6 is 0 Å². The molecule has 9 nitrogen and oxygen atoms in total. The molecular weight excluding hydrogens is 470 g/mol. The Balaban J connectivity index is 1.09. The average molecular weight is 502 g/mol. The zero-order valence-electron chi connectivity index (χ0n) is 21.2. The first-order valence-electron chi connectivity index (χ1n) is 12.7. The number of carbonyl (C=O) groups excluding carboxylic acids is 1. The van der Waals surface area contributed by atoms with Gasteiger partial charge in [0, 0.05) is 42.1 Å². The van der Waals surface area contributed by atoms with E-state index in [1.165, 1.54) is 0 Å². The van der Waals surface area contributed by atoms with Crippen LogP contribution < -0.4 is 5.32 Å². The van der Waals surface area contributed by atoms with Gasteiger partial charge in [0.15, 0.2) is 5.88 Å². The molecule has 1 saturated carbocycles. The van der Waals surface area contributed by atoms with Gasteiger partial charge in [-0.3, -0.25) is 4.90 Å². The number of amides is 1. The SMILES string of the molecule is CC(C)(C)OC(=O)NC1[C@H]2CN(CCON=C3C(c4c(O)[nH]c5ccccc45)=Nc4ccccc43)C[C@@H]12. The Morgan fingerprint density at radius 1 is 1.16 bits per heavy atom. The van der Waals surface area contributed by atoms with Crippen molar-refractivity contribution >= 4 is 34.1 Å². The van der Waals surface area contributed by atoms with Crippen molar-refractivity contribution in [3.63, 3.8) is 0 Å². The Kier molecular flexibility index (Phi) is 5.67. The summed E-state index contributed by atoms with van der Waals surface area (Å²) in [5.41, 5.74) is 3.85. The Morgan fingerprint density at radius 2 is 1.89 bits per heavy atom. The molecule has 2 aliphatic heterocycles. The maximum Gasteiger partial charge on any atom is 0.407 e. The lowest BCUT2D eigenvalue weighted by molar-refractivity contribution is 0.0511. The molecule has 3 N–H and O–H groups in total. The van der Waals surface area contributed by atoms with Gasteiger partial charge >= 0.3 is 6.09 Å². The number of carbonyl (C=O) groups is 1. The van der Waals surface area contributed by atoms with E-state index >= 15 is 0 Å². The van der Waals surface area contributed by atoms with E-state index in [4.69, 9.17) is 14.6 Å². The van der Waals surface area contributed by atoms with Crippen LogP contribution in [0.1, 0.15) is 31.9 Å². The number of aromatic nitrogens is 1. The molecule has 1 saturated heterocycles. The number of aliphatic imine (C=N–C) groups is 1. The van der Waals surface area contributed by atoms with Gasteiger partial charge in [-0.15, -0.1) is 0 Å². The molecule has 0 spiro atoms. The van der Waals surface area contributed by atoms with Crippen LogP contribution in [0, 0.1) is 11.8 Å². The maximum atomic E-state index is 12.0. The van der Waals surface area contributed by atoms with E-state index in [2.05, 4.69) is 20.4 Å². The number of hydrogen-bond donors (Lipinski definition) is 3. The van der Waals surface area contributed by atoms with Crippen molar-refractivity contribution in [2.45, 2.75) is 32.4 Å². The number of rotatable bonds is 6. The van der Waals surface area contributed by atoms with Crippen LogP contribution in [0.2, 0.25) is 0 Å². The summed E-state index contributed by atoms with van der Waals surface area (Å²) in [6.07, 6.45) is -0.340. The highest BCUT2D eigenvalue weighted by molar-refractivity contribution is 6.58. The fraction of sp³-hybridized carbons (Fsp3) is 0.393. The molecule has 3 atom stereocenters. The van der Waals surface area contributed by atoms with Gasteiger partial charge in [0.2, 0.25) is 0 Å². The van der Waals surface area contributed by atoms with Crippen LogP contribution in [0.25, 0.3) is 10.9 Å². The van der Waals surface area contributed by atoms with Crippen molar-refractivity contribution in [2.75, 3.05) is 26.2 Å². The number of likely N-dealkylation sites (tertiary alicyclic amines) is 1. The highest BCUT2D eigenvalue weighted by Crippen LogP contribution is 2.45. The number of H-pyrrole nitrogens is 1. The minimum absolute atomic E-state index is 0.0614. The molecule has 6 rings (SSSR count). The summed E-state index contributed by atoms with van der Waals surface area (Å²) < 4.78 is 5.37. The van der Waals surface area contributed by atoms with Gasteiger partial charge in [0.1, 0.15) is 23.6 Å². The van der Waals surface area contributed by atoms with Crippen LogP contribution in [0.15, 0.2) is 58.7 Å². The van der Waals surface area contributed by atoms with Crippen LogP contribution in [0.4, 0.5) is 10.5 Å². The van der Waals surface area contributed by atoms with E-state index in [-0.39, 0.29) is 18.0 Å². The highest BCUT2D eigenvalue weighted by atomic mass is 16.6. The van der Waals surface area contributed by atoms with Gasteiger partial charge in [0.25, 0.3) is 0 Å². The fourth-order valence-electron chi connectivity index (χ4n) is 5.44. The molecule has 1 amide bonds. The van der Waals surface area contributed by atoms with E-state index in [9.17, 15) is 9.90 Å². The molecule has 2 fully saturated rings. The lowest BCUT2D eigenvalue weighted by Gasteiger charge is -2.22. The van der Waals surface area contributed by atoms with Crippen molar-refractivity contribution in [3.05, 3.63) is 59.7 Å². The number of piperidine rings is 1. The second-order valence-electron chi connectivity index (χ2n) is 10.9. The first kappa shape index (κ1) is 23.5. The highest BCUT2D eigenvalue weighted by Gasteiger charge is 2.56. The maximum absolute atomic E-state index is 12.0. The lowest BCUT2D eigenvalue weighted by atomic mass is 10.0. The number of nitrogens with zero attached hydrogens (tertiary/aromatic N) is 3. The van der Waals surface area contributed by atoms with E-state index in [0.29, 0.717) is 35.4 Å². The van der Waals surface area contributed by atoms with E-state index in [1.807, 2.05) is 69.3 Å². The fourth-order valence-corrected chi connectivity index (χ4v) is 5.44. The monoisotopic (exact) mass is 501 g/mol. The Bertz CT molecular complexity index is 1410. The molecule has 9 heteroatoms. The molecule has 1 aromatic heterocycles. The molecule has 3 aromatic rings. The summed E-state index contributed by atoms with van der Waals surface area (Å²) in [5, 5.41) is 19.1. The summed E-state index contributed by atoms with van der Waals surface area (Å²) in [5.74, 6) is 0.986. The second kappa shape index (κ2) is 8.92. The number of oxime groups is 1. The first-order valence-corrected chi connectivity index (χ1v) is 12.7. The lowest BCUT2D eigenvalue weighted by Crippen LogP contribution is -2.38. The zero-order chi connectivity index (χ0) is 25.7. The first-order chi connectivity index (χ1) is 17.8. The topological polar surface area (TPSA) is 112 Å². The summed E-state index contributed by atoms with van der Waals surface area (Å²) in [7, 11) is 0. The number of alkyl carbamates (subject to hydrolysis) is 1. The van der Waals surface area contributed by atoms with Gasteiger partial charge < -0.3 is 25.0 Å². The smallest absolute Gasteiger partial charge is 0.407 e. The number of para-hydroxylation sites is 2. The van der Waals surface area contributed by atoms with Crippen LogP contribution in [-0.4, -0.2) is 70.4 Å². The Morgan fingerprint density at radius 3 is 2.68 bits per heavy atom. The Labute approximate surface area is 215 Å². The molecule has 3 aliphatic rings. The average Bonchev–Trinajstić information content (AvgIpc) is 3.19. The standard InChI is InChI=1S/C28H31N5O4/c1-28(2,3)37-27(35)31-23-18-14-33(15-19(18)23)12-13-36-32-24-17-9-5-7-11-21(17)29-25(24)22-16-8-4-6-10-20(16)30-26(22)34/h4-11,18-19,23,30,34H,12-15H2,1-3H3,(H,31,35)/t18-,19+,23?. The van der Waals surface area contributed by atoms with Crippen LogP contribution in [-0.2, 0) is 9.57 Å². The molecule has 2 aromatic carbocycles. The zero-order valence-corrected chi connectivity index (χ0v) is 21.2. The van der Waals surface area contributed by atoms with Crippen molar-refractivity contribution in [1.82, 2.24) is 15.2 Å². The van der Waals surface area contributed by atoms with Gasteiger partial charge in [-0.05, 0) is 44.7 Å². The third kappa shape index (κ3) is 4.55. The number of fused-ring (bicyclic) bond motifs is 3. The molecule has 1 aliphatic carbocycles. The third-order valence-corrected chi connectivity index (χ3v) is 7.15. The van der Waals surface area contributed by atoms with E-state index in [1.54, 1.807) is 0 Å². The summed E-state index contributed by atoms with van der Waals surface area (Å²) in [6.45, 7) is 8.63. The molecular formula is C28H31N5O4. The molecule has 37 heavy (non-hydrogen) atoms. The predicted octanol–water partition coefficient (Wildman–Crippen LogP) is 4.18. The van der Waals surface area contributed by atoms with Crippen LogP contribution in [0.5, 0.6) is 5.88 Å². The van der Waals surface area contributed by atoms with Gasteiger partial charge in [-0.2, -0.15) is 0 Å². The van der Waals surface area contributed by atoms with Crippen molar-refractivity contribution in [3.8, 4) is 5.88 Å². The van der Waals surface area contributed by atoms with Crippen molar-refractivity contribution < 1.29 is 19.5 Å². The van der Waals surface area contributed by atoms with Crippen molar-refractivity contribution in [2.24, 2.45) is 22.0 Å². The molecule has 1 unspecified atom stereocenters. The number of nitrogens with one attached hydrogen (secondary N) is 2. The van der Waals surface area contributed by atoms with Gasteiger partial charge in [-0.1, -0.05) is 41.6 Å². The minimum Gasteiger partial charge on any atom is -0.494 e. The largest absolute Gasteiger partial charge is 0.494 e. The van der Waals surface area contributed by atoms with Crippen molar-refractivity contribution in [1.29, 1.82) is 0 Å². The molecule has 0 radical (unpaired) electrons. The molecule has 0 bridgehead atoms. The predicted molar refractivity (Wildman–Crippen MR) is 142 cm³/mol. The van der Waals surface area contributed by atoms with Gasteiger partial charge in [-0.25, -0.2) is 9.79 Å². The summed E-state index contributed by atoms with van der Waals surface area (Å²) in [4.78, 5) is 28.0. The number of aromatic amines is 1. The molecule has 192 valence electrons. The number of hydrogen-bond acceptors (Lipinski definition) is 7. The molecule has 3 heterocycles. The quantitative estimate of drug-likeness (QED) is 0.347. The van der Waals surface area contributed by atoms with Gasteiger partial charge in [0.05, 0.1) is 11.3 Å². The summed E-state index contributed by atoms with van der Waals surface area (Å²) in [6, 6.07) is 15.7. The van der Waals surface area contributed by atoms with E-state index < -0.39 is 5.60 Å². The van der Waals surface area contributed by atoms with E-state index in [0.717, 1.165) is 41.8 Å². The van der Waals surface area contributed by atoms with Crippen LogP contribution in [0.3, 0.4) is 0 Å². The second-order valence-corrected chi connectivity index (χ2v) is 10.9. The number of ether oxygens (including phenoxy) is 1.